The monoisotopic (exact) mass is 607 g/mol. The second-order valence-electron chi connectivity index (χ2n) is 8.25. The van der Waals surface area contributed by atoms with Gasteiger partial charge < -0.3 is 25.8 Å². The van der Waals surface area contributed by atoms with E-state index in [-0.39, 0.29) is 24.0 Å². The van der Waals surface area contributed by atoms with Crippen LogP contribution >= 0.6 is 22.6 Å². The fourth-order valence-electron chi connectivity index (χ4n) is 3.01. The molecule has 0 aromatic heterocycles. The molecule has 0 aliphatic carbocycles. The normalized spacial score (nSPS) is 13.3. The molecule has 0 heterocycles. The predicted octanol–water partition coefficient (Wildman–Crippen LogP) is 1.16. The largest absolute Gasteiger partial charge is 0.507 e. The maximum Gasteiger partial charge on any atom is 0.308 e. The van der Waals surface area contributed by atoms with Crippen LogP contribution in [0.25, 0.3) is 0 Å². The zero-order valence-corrected chi connectivity index (χ0v) is 22.2. The van der Waals surface area contributed by atoms with Crippen molar-refractivity contribution in [3.63, 3.8) is 0 Å². The molecule has 3 atom stereocenters. The van der Waals surface area contributed by atoms with Gasteiger partial charge in [-0.3, -0.25) is 24.0 Å². The summed E-state index contributed by atoms with van der Waals surface area (Å²) in [6.07, 6.45) is -0.118. The molecule has 1 aromatic carbocycles. The molecule has 0 aliphatic rings. The lowest BCUT2D eigenvalue weighted by Crippen LogP contribution is -2.56. The fourth-order valence-corrected chi connectivity index (χ4v) is 3.34. The first-order chi connectivity index (χ1) is 16.4. The first-order valence-corrected chi connectivity index (χ1v) is 12.0. The molecule has 4 N–H and O–H groups in total. The number of methoxy groups -OCH3 is 1. The van der Waals surface area contributed by atoms with E-state index < -0.39 is 54.8 Å². The number of esters is 1. The van der Waals surface area contributed by atoms with Crippen LogP contribution in [-0.4, -0.2) is 66.5 Å². The Morgan fingerprint density at radius 2 is 1.71 bits per heavy atom. The van der Waals surface area contributed by atoms with Gasteiger partial charge in [0.1, 0.15) is 30.5 Å². The number of benzene rings is 1. The number of ketones is 1. The number of ether oxygens (including phenoxy) is 1. The van der Waals surface area contributed by atoms with Crippen molar-refractivity contribution in [2.45, 2.75) is 58.2 Å². The molecule has 0 spiro atoms. The van der Waals surface area contributed by atoms with E-state index in [0.717, 1.165) is 12.7 Å². The van der Waals surface area contributed by atoms with Gasteiger partial charge in [0.25, 0.3) is 0 Å². The number of nitrogens with one attached hydrogen (secondary N) is 3. The third-order valence-electron chi connectivity index (χ3n) is 5.10. The lowest BCUT2D eigenvalue weighted by atomic mass is 10.0. The molecular formula is C23H31FIN3O7. The zero-order chi connectivity index (χ0) is 26.7. The summed E-state index contributed by atoms with van der Waals surface area (Å²) in [4.78, 5) is 60.8. The molecule has 0 saturated carbocycles. The lowest BCUT2D eigenvalue weighted by molar-refractivity contribution is -0.143. The van der Waals surface area contributed by atoms with Crippen LogP contribution in [0.5, 0.6) is 5.75 Å². The van der Waals surface area contributed by atoms with Crippen LogP contribution in [0.4, 0.5) is 4.39 Å². The number of carbonyl (C=O) groups excluding carboxylic acids is 5. The van der Waals surface area contributed by atoms with Crippen LogP contribution in [0, 0.1) is 9.49 Å². The Morgan fingerprint density at radius 3 is 2.26 bits per heavy atom. The van der Waals surface area contributed by atoms with E-state index in [0.29, 0.717) is 9.99 Å². The maximum atomic E-state index is 12.8. The topological polar surface area (TPSA) is 151 Å². The van der Waals surface area contributed by atoms with Gasteiger partial charge >= 0.3 is 5.97 Å². The number of hydrogen-bond donors (Lipinski definition) is 4. The number of phenolic OH excluding ortho intramolecular Hbond substituents is 1. The third kappa shape index (κ3) is 10.2. The Bertz CT molecular complexity index is 942. The van der Waals surface area contributed by atoms with Gasteiger partial charge in [-0.1, -0.05) is 19.9 Å². The van der Waals surface area contributed by atoms with Crippen LogP contribution < -0.4 is 16.0 Å². The van der Waals surface area contributed by atoms with E-state index in [1.54, 1.807) is 32.0 Å². The van der Waals surface area contributed by atoms with Crippen molar-refractivity contribution in [3.05, 3.63) is 27.3 Å². The van der Waals surface area contributed by atoms with Gasteiger partial charge in [0, 0.05) is 6.42 Å². The van der Waals surface area contributed by atoms with Gasteiger partial charge in [0.15, 0.2) is 5.78 Å². The number of amides is 3. The number of aromatic hydroxyl groups is 1. The smallest absolute Gasteiger partial charge is 0.308 e. The summed E-state index contributed by atoms with van der Waals surface area (Å²) < 4.78 is 17.9. The highest BCUT2D eigenvalue weighted by Gasteiger charge is 2.29. The van der Waals surface area contributed by atoms with Crippen molar-refractivity contribution in [2.75, 3.05) is 13.8 Å². The van der Waals surface area contributed by atoms with E-state index in [1.807, 2.05) is 22.6 Å². The standard InChI is InChI=1S/C23H31FIN3O7/c1-12(2)21(28-19(31)8-6-14-5-7-15(25)17(29)9-14)23(34)26-13(3)22(33)27-16(18(30)11-24)10-20(32)35-4/h5,7,9,12-13,16,21,29H,6,8,10-11H2,1-4H3,(H,26,34)(H,27,33)(H,28,31). The predicted molar refractivity (Wildman–Crippen MR) is 133 cm³/mol. The summed E-state index contributed by atoms with van der Waals surface area (Å²) in [6.45, 7) is 3.41. The Morgan fingerprint density at radius 1 is 1.06 bits per heavy atom. The lowest BCUT2D eigenvalue weighted by Gasteiger charge is -2.24. The summed E-state index contributed by atoms with van der Waals surface area (Å²) in [5, 5.41) is 17.1. The van der Waals surface area contributed by atoms with Gasteiger partial charge in [-0.15, -0.1) is 0 Å². The average Bonchev–Trinajstić information content (AvgIpc) is 2.81. The molecule has 12 heteroatoms. The second-order valence-corrected chi connectivity index (χ2v) is 9.41. The van der Waals surface area contributed by atoms with Gasteiger partial charge in [-0.25, -0.2) is 4.39 Å². The summed E-state index contributed by atoms with van der Waals surface area (Å²) in [5.74, 6) is -3.81. The van der Waals surface area contributed by atoms with Crippen molar-refractivity contribution in [1.82, 2.24) is 16.0 Å². The summed E-state index contributed by atoms with van der Waals surface area (Å²) in [5.41, 5.74) is 0.762. The Hall–Kier alpha value is -2.77. The van der Waals surface area contributed by atoms with Crippen molar-refractivity contribution in [3.8, 4) is 5.75 Å². The zero-order valence-electron chi connectivity index (χ0n) is 20.0. The van der Waals surface area contributed by atoms with Crippen molar-refractivity contribution in [2.24, 2.45) is 5.92 Å². The van der Waals surface area contributed by atoms with E-state index in [4.69, 9.17) is 0 Å². The quantitative estimate of drug-likeness (QED) is 0.194. The molecule has 1 rings (SSSR count). The van der Waals surface area contributed by atoms with Gasteiger partial charge in [-0.05, 0) is 59.5 Å². The first-order valence-electron chi connectivity index (χ1n) is 10.9. The molecule has 35 heavy (non-hydrogen) atoms. The minimum atomic E-state index is -1.43. The number of halogens is 2. The number of carbonyl (C=O) groups is 5. The molecule has 0 aliphatic heterocycles. The SMILES string of the molecule is COC(=O)CC(NC(=O)C(C)NC(=O)C(NC(=O)CCc1ccc(I)c(O)c1)C(C)C)C(=O)CF. The molecule has 0 saturated heterocycles. The summed E-state index contributed by atoms with van der Waals surface area (Å²) in [6, 6.07) is 1.59. The minimum Gasteiger partial charge on any atom is -0.507 e. The maximum absolute atomic E-state index is 12.8. The first kappa shape index (κ1) is 30.3. The van der Waals surface area contributed by atoms with E-state index in [2.05, 4.69) is 20.7 Å². The van der Waals surface area contributed by atoms with Crippen LogP contribution in [0.1, 0.15) is 39.2 Å². The van der Waals surface area contributed by atoms with E-state index in [1.165, 1.54) is 6.92 Å². The van der Waals surface area contributed by atoms with Crippen molar-refractivity contribution < 1.29 is 38.2 Å². The molecule has 0 fully saturated rings. The number of hydrogen-bond acceptors (Lipinski definition) is 7. The highest BCUT2D eigenvalue weighted by molar-refractivity contribution is 14.1. The highest BCUT2D eigenvalue weighted by Crippen LogP contribution is 2.21. The fraction of sp³-hybridized carbons (Fsp3) is 0.522. The summed E-state index contributed by atoms with van der Waals surface area (Å²) >= 11 is 1.99. The Labute approximate surface area is 216 Å². The average molecular weight is 607 g/mol. The molecule has 0 bridgehead atoms. The molecule has 3 amide bonds. The number of alkyl halides is 1. The van der Waals surface area contributed by atoms with Crippen LogP contribution in [0.3, 0.4) is 0 Å². The van der Waals surface area contributed by atoms with E-state index >= 15 is 0 Å². The molecule has 3 unspecified atom stereocenters. The van der Waals surface area contributed by atoms with Crippen LogP contribution in [0.15, 0.2) is 18.2 Å². The number of aryl methyl sites for hydroxylation is 1. The summed E-state index contributed by atoms with van der Waals surface area (Å²) in [7, 11) is 1.09. The van der Waals surface area contributed by atoms with Crippen molar-refractivity contribution >= 4 is 52.1 Å². The molecule has 194 valence electrons. The molecule has 10 nitrogen and oxygen atoms in total. The molecule has 0 radical (unpaired) electrons. The van der Waals surface area contributed by atoms with Crippen molar-refractivity contribution in [1.29, 1.82) is 0 Å². The Balaban J connectivity index is 2.71. The van der Waals surface area contributed by atoms with Crippen LogP contribution in [0.2, 0.25) is 0 Å². The van der Waals surface area contributed by atoms with E-state index in [9.17, 15) is 33.5 Å². The molecular weight excluding hydrogens is 576 g/mol. The molecule has 1 aromatic rings. The third-order valence-corrected chi connectivity index (χ3v) is 6.02. The highest BCUT2D eigenvalue weighted by atomic mass is 127. The Kier molecular flexibility index (Phi) is 12.6. The number of Topliss-reactive ketones (excluding diaryl/α,β-unsaturated/α-hetero) is 1. The van der Waals surface area contributed by atoms with Gasteiger partial charge in [0.2, 0.25) is 17.7 Å². The van der Waals surface area contributed by atoms with Gasteiger partial charge in [-0.2, -0.15) is 0 Å². The second kappa shape index (κ2) is 14.6. The number of rotatable bonds is 13. The number of phenols is 1. The van der Waals surface area contributed by atoms with Gasteiger partial charge in [0.05, 0.1) is 17.1 Å². The minimum absolute atomic E-state index is 0.0765. The van der Waals surface area contributed by atoms with Crippen LogP contribution in [-0.2, 0) is 35.1 Å².